The van der Waals surface area contributed by atoms with E-state index in [0.717, 1.165) is 16.4 Å². The molecule has 0 saturated carbocycles. The van der Waals surface area contributed by atoms with Crippen LogP contribution in [0.3, 0.4) is 0 Å². The average molecular weight is 310 g/mol. The third-order valence-corrected chi connectivity index (χ3v) is 5.61. The highest BCUT2D eigenvalue weighted by Crippen LogP contribution is 2.39. The van der Waals surface area contributed by atoms with Crippen LogP contribution in [0, 0.1) is 0 Å². The van der Waals surface area contributed by atoms with Crippen LogP contribution < -0.4 is 5.32 Å². The van der Waals surface area contributed by atoms with Crippen molar-refractivity contribution in [3.8, 4) is 10.6 Å². The van der Waals surface area contributed by atoms with E-state index in [1.165, 1.54) is 16.0 Å². The number of hydrogen-bond acceptors (Lipinski definition) is 4. The molecule has 0 radical (unpaired) electrons. The van der Waals surface area contributed by atoms with Crippen molar-refractivity contribution in [2.45, 2.75) is 10.9 Å². The third-order valence-electron chi connectivity index (χ3n) is 3.60. The van der Waals surface area contributed by atoms with Crippen molar-refractivity contribution in [1.29, 1.82) is 0 Å². The van der Waals surface area contributed by atoms with Crippen molar-refractivity contribution < 1.29 is 0 Å². The number of rotatable bonds is 3. The molecule has 104 valence electrons. The fourth-order valence-electron chi connectivity index (χ4n) is 2.56. The molecule has 0 bridgehead atoms. The van der Waals surface area contributed by atoms with Gasteiger partial charge in [0.2, 0.25) is 0 Å². The summed E-state index contributed by atoms with van der Waals surface area (Å²) in [6.45, 7) is 0. The highest BCUT2D eigenvalue weighted by molar-refractivity contribution is 7.99. The fraction of sp³-hybridized carbons (Fsp3) is 0.118. The molecule has 0 amide bonds. The molecule has 1 N–H and O–H groups in total. The van der Waals surface area contributed by atoms with E-state index in [0.29, 0.717) is 6.04 Å². The number of benzene rings is 2. The molecule has 21 heavy (non-hydrogen) atoms. The van der Waals surface area contributed by atoms with E-state index in [1.807, 2.05) is 23.3 Å². The number of nitrogens with one attached hydrogen (secondary N) is 1. The Labute approximate surface area is 132 Å². The van der Waals surface area contributed by atoms with Crippen LogP contribution in [0.15, 0.2) is 65.0 Å². The summed E-state index contributed by atoms with van der Waals surface area (Å²) in [5, 5.41) is 6.71. The highest BCUT2D eigenvalue weighted by atomic mass is 32.2. The lowest BCUT2D eigenvalue weighted by Gasteiger charge is -2.15. The molecule has 3 aromatic rings. The van der Waals surface area contributed by atoms with Crippen molar-refractivity contribution in [3.63, 3.8) is 0 Å². The Balaban J connectivity index is 1.53. The molecule has 2 heterocycles. The molecule has 4 rings (SSSR count). The van der Waals surface area contributed by atoms with Crippen LogP contribution >= 0.6 is 23.1 Å². The van der Waals surface area contributed by atoms with Crippen LogP contribution in [-0.4, -0.2) is 10.7 Å². The standard InChI is InChI=1S/C17H14N2S2/c1-2-4-16-14(3-1)15(11-21-16)19-13-7-5-12(6-8-13)17-18-9-10-20-17/h1-10,15,19H,11H2. The summed E-state index contributed by atoms with van der Waals surface area (Å²) in [4.78, 5) is 5.74. The first-order valence-electron chi connectivity index (χ1n) is 6.88. The average Bonchev–Trinajstić information content (AvgIpc) is 3.19. The van der Waals surface area contributed by atoms with Crippen LogP contribution in [-0.2, 0) is 0 Å². The number of thioether (sulfide) groups is 1. The van der Waals surface area contributed by atoms with Crippen LogP contribution in [0.25, 0.3) is 10.6 Å². The first kappa shape index (κ1) is 12.9. The maximum atomic E-state index is 4.34. The van der Waals surface area contributed by atoms with Crippen molar-refractivity contribution in [2.24, 2.45) is 0 Å². The second-order valence-corrected chi connectivity index (χ2v) is 6.92. The number of thiazole rings is 1. The molecule has 2 aromatic carbocycles. The lowest BCUT2D eigenvalue weighted by Crippen LogP contribution is -2.09. The number of hydrogen-bond donors (Lipinski definition) is 1. The lowest BCUT2D eigenvalue weighted by molar-refractivity contribution is 0.900. The van der Waals surface area contributed by atoms with Crippen molar-refractivity contribution in [1.82, 2.24) is 4.98 Å². The van der Waals surface area contributed by atoms with Crippen LogP contribution in [0.4, 0.5) is 5.69 Å². The zero-order chi connectivity index (χ0) is 14.1. The smallest absolute Gasteiger partial charge is 0.123 e. The predicted octanol–water partition coefficient (Wildman–Crippen LogP) is 5.07. The van der Waals surface area contributed by atoms with Crippen LogP contribution in [0.2, 0.25) is 0 Å². The second-order valence-electron chi connectivity index (χ2n) is 4.96. The Hall–Kier alpha value is -1.78. The van der Waals surface area contributed by atoms with Gasteiger partial charge in [0.25, 0.3) is 0 Å². The first-order valence-corrected chi connectivity index (χ1v) is 8.75. The molecule has 2 nitrogen and oxygen atoms in total. The normalized spacial score (nSPS) is 16.7. The van der Waals surface area contributed by atoms with E-state index >= 15 is 0 Å². The maximum Gasteiger partial charge on any atom is 0.123 e. The van der Waals surface area contributed by atoms with Gasteiger partial charge in [0.15, 0.2) is 0 Å². The molecule has 1 atom stereocenters. The van der Waals surface area contributed by atoms with Gasteiger partial charge in [0.1, 0.15) is 5.01 Å². The summed E-state index contributed by atoms with van der Waals surface area (Å²) in [6, 6.07) is 17.6. The summed E-state index contributed by atoms with van der Waals surface area (Å²) in [7, 11) is 0. The number of anilines is 1. The van der Waals surface area contributed by atoms with Crippen LogP contribution in [0.1, 0.15) is 11.6 Å². The number of nitrogens with zero attached hydrogens (tertiary/aromatic N) is 1. The zero-order valence-electron chi connectivity index (χ0n) is 11.3. The molecular formula is C17H14N2S2. The Morgan fingerprint density at radius 2 is 1.90 bits per heavy atom. The minimum Gasteiger partial charge on any atom is -0.377 e. The monoisotopic (exact) mass is 310 g/mol. The molecule has 0 spiro atoms. The maximum absolute atomic E-state index is 4.34. The Kier molecular flexibility index (Phi) is 3.41. The van der Waals surface area contributed by atoms with Gasteiger partial charge in [0, 0.05) is 33.5 Å². The minimum atomic E-state index is 0.400. The van der Waals surface area contributed by atoms with Gasteiger partial charge >= 0.3 is 0 Å². The summed E-state index contributed by atoms with van der Waals surface area (Å²) in [6.07, 6.45) is 1.85. The first-order chi connectivity index (χ1) is 10.4. The van der Waals surface area contributed by atoms with Gasteiger partial charge in [-0.25, -0.2) is 4.98 Å². The van der Waals surface area contributed by atoms with Crippen molar-refractivity contribution in [3.05, 3.63) is 65.7 Å². The van der Waals surface area contributed by atoms with E-state index in [2.05, 4.69) is 58.8 Å². The zero-order valence-corrected chi connectivity index (χ0v) is 13.0. The number of fused-ring (bicyclic) bond motifs is 1. The minimum absolute atomic E-state index is 0.400. The van der Waals surface area contributed by atoms with Gasteiger partial charge in [-0.3, -0.25) is 0 Å². The third kappa shape index (κ3) is 2.57. The summed E-state index contributed by atoms with van der Waals surface area (Å²) >= 11 is 3.60. The Morgan fingerprint density at radius 1 is 1.05 bits per heavy atom. The van der Waals surface area contributed by atoms with E-state index in [1.54, 1.807) is 11.3 Å². The SMILES string of the molecule is c1ccc2c(c1)SCC2Nc1ccc(-c2nccs2)cc1. The topological polar surface area (TPSA) is 24.9 Å². The summed E-state index contributed by atoms with van der Waals surface area (Å²) in [5.41, 5.74) is 3.75. The van der Waals surface area contributed by atoms with E-state index in [9.17, 15) is 0 Å². The molecule has 1 aromatic heterocycles. The van der Waals surface area contributed by atoms with Gasteiger partial charge in [-0.05, 0) is 35.9 Å². The number of aromatic nitrogens is 1. The van der Waals surface area contributed by atoms with E-state index < -0.39 is 0 Å². The Bertz CT molecular complexity index is 736. The van der Waals surface area contributed by atoms with Crippen LogP contribution in [0.5, 0.6) is 0 Å². The van der Waals surface area contributed by atoms with Crippen molar-refractivity contribution >= 4 is 28.8 Å². The molecule has 0 saturated heterocycles. The van der Waals surface area contributed by atoms with Gasteiger partial charge in [0.05, 0.1) is 6.04 Å². The van der Waals surface area contributed by atoms with Gasteiger partial charge in [-0.1, -0.05) is 18.2 Å². The summed E-state index contributed by atoms with van der Waals surface area (Å²) in [5.74, 6) is 1.09. The Morgan fingerprint density at radius 3 is 2.71 bits per heavy atom. The lowest BCUT2D eigenvalue weighted by atomic mass is 10.1. The van der Waals surface area contributed by atoms with Crippen molar-refractivity contribution in [2.75, 3.05) is 11.1 Å². The van der Waals surface area contributed by atoms with E-state index in [4.69, 9.17) is 0 Å². The molecule has 0 aliphatic carbocycles. The van der Waals surface area contributed by atoms with E-state index in [-0.39, 0.29) is 0 Å². The fourth-order valence-corrected chi connectivity index (χ4v) is 4.36. The molecular weight excluding hydrogens is 296 g/mol. The highest BCUT2D eigenvalue weighted by Gasteiger charge is 2.22. The van der Waals surface area contributed by atoms with Gasteiger partial charge in [-0.2, -0.15) is 0 Å². The van der Waals surface area contributed by atoms with Gasteiger partial charge < -0.3 is 5.32 Å². The summed E-state index contributed by atoms with van der Waals surface area (Å²) < 4.78 is 0. The molecule has 0 fully saturated rings. The second kappa shape index (κ2) is 5.54. The molecule has 1 aliphatic heterocycles. The molecule has 1 aliphatic rings. The predicted molar refractivity (Wildman–Crippen MR) is 91.1 cm³/mol. The largest absolute Gasteiger partial charge is 0.377 e. The molecule has 4 heteroatoms. The van der Waals surface area contributed by atoms with Gasteiger partial charge in [-0.15, -0.1) is 23.1 Å². The molecule has 1 unspecified atom stereocenters. The quantitative estimate of drug-likeness (QED) is 0.731.